The number of benzene rings is 1. The molecule has 2 heterocycles. The van der Waals surface area contributed by atoms with Gasteiger partial charge in [0.2, 0.25) is 5.91 Å². The van der Waals surface area contributed by atoms with E-state index in [0.29, 0.717) is 11.4 Å². The Balaban J connectivity index is 1.86. The van der Waals surface area contributed by atoms with Gasteiger partial charge in [0.1, 0.15) is 12.2 Å². The van der Waals surface area contributed by atoms with Crippen molar-refractivity contribution in [2.75, 3.05) is 12.4 Å². The van der Waals surface area contributed by atoms with Crippen molar-refractivity contribution in [1.82, 2.24) is 14.9 Å². The molecule has 0 radical (unpaired) electrons. The Labute approximate surface area is 130 Å². The molecule has 0 saturated heterocycles. The molecule has 3 rings (SSSR count). The number of anilines is 1. The fraction of sp³-hybridized carbons (Fsp3) is 0.133. The maximum Gasteiger partial charge on any atom is 0.275 e. The fourth-order valence-corrected chi connectivity index (χ4v) is 2.69. The molecular formula is C15H14N4O2S. The van der Waals surface area contributed by atoms with Gasteiger partial charge in [-0.15, -0.1) is 11.3 Å². The largest absolute Gasteiger partial charge is 0.358 e. The quantitative estimate of drug-likeness (QED) is 0.774. The molecule has 0 atom stereocenters. The number of thiazole rings is 1. The second-order valence-electron chi connectivity index (χ2n) is 4.72. The van der Waals surface area contributed by atoms with Crippen LogP contribution in [0.1, 0.15) is 10.5 Å². The monoisotopic (exact) mass is 314 g/mol. The van der Waals surface area contributed by atoms with Crippen molar-refractivity contribution in [2.24, 2.45) is 0 Å². The average Bonchev–Trinajstić information content (AvgIpc) is 3.17. The molecule has 0 spiro atoms. The number of likely N-dealkylation sites (N-methyl/N-ethyl adjacent to an activating group) is 1. The Morgan fingerprint density at radius 3 is 2.91 bits per heavy atom. The van der Waals surface area contributed by atoms with Crippen LogP contribution in [0, 0.1) is 0 Å². The lowest BCUT2D eigenvalue weighted by atomic mass is 10.2. The molecule has 2 aromatic heterocycles. The summed E-state index contributed by atoms with van der Waals surface area (Å²) in [6.45, 7) is 0.240. The number of hydrogen-bond acceptors (Lipinski definition) is 4. The predicted octanol–water partition coefficient (Wildman–Crippen LogP) is 2.10. The molecule has 0 saturated carbocycles. The van der Waals surface area contributed by atoms with Gasteiger partial charge < -0.3 is 15.2 Å². The third-order valence-corrected chi connectivity index (χ3v) is 3.88. The van der Waals surface area contributed by atoms with Crippen molar-refractivity contribution in [3.63, 3.8) is 0 Å². The molecule has 112 valence electrons. The zero-order valence-electron chi connectivity index (χ0n) is 11.9. The van der Waals surface area contributed by atoms with Crippen LogP contribution in [0.4, 0.5) is 5.69 Å². The summed E-state index contributed by atoms with van der Waals surface area (Å²) in [7, 11) is 1.60. The summed E-state index contributed by atoms with van der Waals surface area (Å²) in [5.41, 5.74) is 3.57. The van der Waals surface area contributed by atoms with Gasteiger partial charge in [0.25, 0.3) is 5.91 Å². The van der Waals surface area contributed by atoms with Crippen LogP contribution in [0.3, 0.4) is 0 Å². The summed E-state index contributed by atoms with van der Waals surface area (Å²) in [6.07, 6.45) is 1.85. The van der Waals surface area contributed by atoms with Crippen LogP contribution in [0.2, 0.25) is 0 Å². The Hall–Kier alpha value is -2.67. The molecule has 0 fully saturated rings. The van der Waals surface area contributed by atoms with E-state index in [4.69, 9.17) is 0 Å². The van der Waals surface area contributed by atoms with E-state index in [-0.39, 0.29) is 18.4 Å². The standard InChI is InChI=1S/C15H14N4O2S/c1-16-14(20)7-19-5-4-10-2-3-11(6-13(10)19)18-15(21)12-8-22-9-17-12/h2-6,8-9H,7H2,1H3,(H,16,20)(H,18,21). The average molecular weight is 314 g/mol. The van der Waals surface area contributed by atoms with Crippen molar-refractivity contribution in [1.29, 1.82) is 0 Å². The van der Waals surface area contributed by atoms with Crippen LogP contribution in [-0.2, 0) is 11.3 Å². The van der Waals surface area contributed by atoms with Crippen LogP contribution in [0.15, 0.2) is 41.4 Å². The molecular weight excluding hydrogens is 300 g/mol. The van der Waals surface area contributed by atoms with Gasteiger partial charge in [0, 0.05) is 24.3 Å². The molecule has 22 heavy (non-hydrogen) atoms. The van der Waals surface area contributed by atoms with E-state index in [2.05, 4.69) is 15.6 Å². The minimum Gasteiger partial charge on any atom is -0.358 e. The van der Waals surface area contributed by atoms with Gasteiger partial charge in [-0.1, -0.05) is 6.07 Å². The molecule has 0 bridgehead atoms. The normalized spacial score (nSPS) is 10.6. The number of aromatic nitrogens is 2. The molecule has 2 N–H and O–H groups in total. The third kappa shape index (κ3) is 2.84. The SMILES string of the molecule is CNC(=O)Cn1ccc2ccc(NC(=O)c3cscn3)cc21. The lowest BCUT2D eigenvalue weighted by molar-refractivity contribution is -0.121. The van der Waals surface area contributed by atoms with Crippen molar-refractivity contribution in [3.05, 3.63) is 47.0 Å². The molecule has 0 aliphatic rings. The summed E-state index contributed by atoms with van der Waals surface area (Å²) in [5.74, 6) is -0.320. The van der Waals surface area contributed by atoms with E-state index in [0.717, 1.165) is 10.9 Å². The van der Waals surface area contributed by atoms with Gasteiger partial charge >= 0.3 is 0 Å². The summed E-state index contributed by atoms with van der Waals surface area (Å²) < 4.78 is 1.84. The molecule has 1 aromatic carbocycles. The Kier molecular flexibility index (Phi) is 3.88. The highest BCUT2D eigenvalue weighted by Gasteiger charge is 2.10. The lowest BCUT2D eigenvalue weighted by Crippen LogP contribution is -2.23. The van der Waals surface area contributed by atoms with E-state index >= 15 is 0 Å². The van der Waals surface area contributed by atoms with Crippen LogP contribution in [0.5, 0.6) is 0 Å². The number of carbonyl (C=O) groups excluding carboxylic acids is 2. The van der Waals surface area contributed by atoms with Crippen molar-refractivity contribution in [3.8, 4) is 0 Å². The first kappa shape index (κ1) is 14.3. The van der Waals surface area contributed by atoms with Crippen LogP contribution in [-0.4, -0.2) is 28.4 Å². The maximum absolute atomic E-state index is 12.0. The van der Waals surface area contributed by atoms with Gasteiger partial charge in [-0.3, -0.25) is 9.59 Å². The highest BCUT2D eigenvalue weighted by atomic mass is 32.1. The van der Waals surface area contributed by atoms with E-state index in [1.54, 1.807) is 17.9 Å². The fourth-order valence-electron chi connectivity index (χ4n) is 2.15. The van der Waals surface area contributed by atoms with Crippen molar-refractivity contribution >= 4 is 39.7 Å². The predicted molar refractivity (Wildman–Crippen MR) is 86.1 cm³/mol. The van der Waals surface area contributed by atoms with Crippen LogP contribution in [0.25, 0.3) is 10.9 Å². The van der Waals surface area contributed by atoms with E-state index in [1.165, 1.54) is 11.3 Å². The Morgan fingerprint density at radius 2 is 2.18 bits per heavy atom. The summed E-state index contributed by atoms with van der Waals surface area (Å²) in [6, 6.07) is 7.52. The van der Waals surface area contributed by atoms with Gasteiger partial charge in [0.15, 0.2) is 0 Å². The number of nitrogens with one attached hydrogen (secondary N) is 2. The number of amides is 2. The first-order valence-electron chi connectivity index (χ1n) is 6.66. The number of fused-ring (bicyclic) bond motifs is 1. The van der Waals surface area contributed by atoms with Gasteiger partial charge in [-0.05, 0) is 23.6 Å². The Morgan fingerprint density at radius 1 is 1.32 bits per heavy atom. The van der Waals surface area contributed by atoms with Crippen molar-refractivity contribution < 1.29 is 9.59 Å². The second-order valence-corrected chi connectivity index (χ2v) is 5.44. The minimum atomic E-state index is -0.245. The van der Waals surface area contributed by atoms with E-state index < -0.39 is 0 Å². The highest BCUT2D eigenvalue weighted by Crippen LogP contribution is 2.21. The molecule has 6 nitrogen and oxygen atoms in total. The van der Waals surface area contributed by atoms with Gasteiger partial charge in [-0.2, -0.15) is 0 Å². The highest BCUT2D eigenvalue weighted by molar-refractivity contribution is 7.07. The first-order chi connectivity index (χ1) is 10.7. The van der Waals surface area contributed by atoms with Crippen LogP contribution < -0.4 is 10.6 Å². The molecule has 2 amide bonds. The maximum atomic E-state index is 12.0. The first-order valence-corrected chi connectivity index (χ1v) is 7.60. The number of rotatable bonds is 4. The minimum absolute atomic E-state index is 0.0746. The van der Waals surface area contributed by atoms with E-state index in [9.17, 15) is 9.59 Å². The summed E-state index contributed by atoms with van der Waals surface area (Å²) >= 11 is 1.37. The summed E-state index contributed by atoms with van der Waals surface area (Å²) in [4.78, 5) is 27.5. The molecule has 7 heteroatoms. The summed E-state index contributed by atoms with van der Waals surface area (Å²) in [5, 5.41) is 8.12. The Bertz CT molecular complexity index is 823. The molecule has 0 unspecified atom stereocenters. The van der Waals surface area contributed by atoms with Crippen molar-refractivity contribution in [2.45, 2.75) is 6.54 Å². The zero-order valence-corrected chi connectivity index (χ0v) is 12.7. The molecule has 3 aromatic rings. The number of nitrogens with zero attached hydrogens (tertiary/aromatic N) is 2. The van der Waals surface area contributed by atoms with E-state index in [1.807, 2.05) is 35.0 Å². The lowest BCUT2D eigenvalue weighted by Gasteiger charge is -2.07. The van der Waals surface area contributed by atoms with Gasteiger partial charge in [0.05, 0.1) is 11.0 Å². The molecule has 0 aliphatic heterocycles. The topological polar surface area (TPSA) is 76.0 Å². The van der Waals surface area contributed by atoms with Gasteiger partial charge in [-0.25, -0.2) is 4.98 Å². The number of hydrogen-bond donors (Lipinski definition) is 2. The third-order valence-electron chi connectivity index (χ3n) is 3.29. The molecule has 0 aliphatic carbocycles. The second kappa shape index (κ2) is 5.98. The van der Waals surface area contributed by atoms with Crippen LogP contribution >= 0.6 is 11.3 Å². The zero-order chi connectivity index (χ0) is 15.5. The smallest absolute Gasteiger partial charge is 0.275 e. The number of carbonyl (C=O) groups is 2.